The van der Waals surface area contributed by atoms with E-state index in [9.17, 15) is 4.79 Å². The number of primary amides is 1. The van der Waals surface area contributed by atoms with Crippen LogP contribution >= 0.6 is 0 Å². The number of nitrogens with two attached hydrogens (primary N) is 1. The second-order valence-corrected chi connectivity index (χ2v) is 7.94. The van der Waals surface area contributed by atoms with Crippen LogP contribution in [-0.2, 0) is 17.3 Å². The zero-order valence-corrected chi connectivity index (χ0v) is 18.1. The molecule has 1 aliphatic rings. The first-order valence-electron chi connectivity index (χ1n) is 10.3. The van der Waals surface area contributed by atoms with Gasteiger partial charge in [-0.05, 0) is 37.1 Å². The van der Waals surface area contributed by atoms with Gasteiger partial charge in [0.25, 0.3) is 6.01 Å². The third-order valence-electron chi connectivity index (χ3n) is 6.08. The maximum absolute atomic E-state index is 12.0. The molecule has 0 unspecified atom stereocenters. The summed E-state index contributed by atoms with van der Waals surface area (Å²) in [6.45, 7) is 0. The van der Waals surface area contributed by atoms with Gasteiger partial charge in [0.05, 0.1) is 34.8 Å². The van der Waals surface area contributed by atoms with Gasteiger partial charge in [-0.3, -0.25) is 14.3 Å². The number of rotatable bonds is 4. The highest BCUT2D eigenvalue weighted by atomic mass is 16.5. The van der Waals surface area contributed by atoms with Crippen molar-refractivity contribution in [2.45, 2.75) is 18.3 Å². The molecule has 0 radical (unpaired) electrons. The molecule has 1 saturated carbocycles. The lowest BCUT2D eigenvalue weighted by atomic mass is 9.98. The van der Waals surface area contributed by atoms with Crippen LogP contribution in [0.1, 0.15) is 29.7 Å². The predicted octanol–water partition coefficient (Wildman–Crippen LogP) is 2.48. The van der Waals surface area contributed by atoms with Crippen molar-refractivity contribution in [3.63, 3.8) is 0 Å². The van der Waals surface area contributed by atoms with Crippen molar-refractivity contribution < 1.29 is 9.53 Å². The van der Waals surface area contributed by atoms with Gasteiger partial charge < -0.3 is 15.8 Å². The minimum Gasteiger partial charge on any atom is -0.468 e. The maximum Gasteiger partial charge on any atom is 0.296 e. The summed E-state index contributed by atoms with van der Waals surface area (Å²) in [6, 6.07) is 8.31. The molecule has 8 heteroatoms. The molecular formula is C24H22N6O2. The van der Waals surface area contributed by atoms with Crippen molar-refractivity contribution in [3.8, 4) is 17.9 Å². The van der Waals surface area contributed by atoms with Crippen molar-refractivity contribution in [2.75, 3.05) is 19.5 Å². The first-order valence-corrected chi connectivity index (χ1v) is 10.3. The quantitative estimate of drug-likeness (QED) is 0.486. The van der Waals surface area contributed by atoms with Crippen molar-refractivity contribution in [3.05, 3.63) is 53.5 Å². The second kappa shape index (κ2) is 7.24. The van der Waals surface area contributed by atoms with Crippen LogP contribution in [0.15, 0.2) is 36.7 Å². The monoisotopic (exact) mass is 426 g/mol. The first-order chi connectivity index (χ1) is 15.5. The van der Waals surface area contributed by atoms with Gasteiger partial charge in [0.2, 0.25) is 5.91 Å². The van der Waals surface area contributed by atoms with Gasteiger partial charge in [-0.2, -0.15) is 4.98 Å². The van der Waals surface area contributed by atoms with Gasteiger partial charge in [0, 0.05) is 42.8 Å². The fraction of sp³-hybridized carbons (Fsp3) is 0.250. The number of hydrogen-bond donors (Lipinski definition) is 2. The molecule has 0 saturated heterocycles. The zero-order chi connectivity index (χ0) is 22.5. The highest BCUT2D eigenvalue weighted by Gasteiger charge is 2.51. The van der Waals surface area contributed by atoms with Gasteiger partial charge in [-0.1, -0.05) is 11.8 Å². The molecule has 1 amide bonds. The summed E-state index contributed by atoms with van der Waals surface area (Å²) in [4.78, 5) is 25.5. The van der Waals surface area contributed by atoms with Crippen molar-refractivity contribution >= 4 is 33.5 Å². The zero-order valence-electron chi connectivity index (χ0n) is 18.1. The lowest BCUT2D eigenvalue weighted by molar-refractivity contribution is -0.120. The molecule has 8 nitrogen and oxygen atoms in total. The lowest BCUT2D eigenvalue weighted by Crippen LogP contribution is -2.29. The summed E-state index contributed by atoms with van der Waals surface area (Å²) in [5.41, 5.74) is 9.07. The van der Waals surface area contributed by atoms with E-state index in [-0.39, 0.29) is 5.91 Å². The van der Waals surface area contributed by atoms with Gasteiger partial charge >= 0.3 is 0 Å². The Bertz CT molecular complexity index is 1460. The topological polar surface area (TPSA) is 108 Å². The number of aryl methyl sites for hydroxylation is 1. The Hall–Kier alpha value is -4.12. The van der Waals surface area contributed by atoms with E-state index >= 15 is 0 Å². The van der Waals surface area contributed by atoms with Crippen LogP contribution in [0.4, 0.5) is 5.82 Å². The van der Waals surface area contributed by atoms with Gasteiger partial charge in [-0.25, -0.2) is 4.98 Å². The molecule has 5 rings (SSSR count). The van der Waals surface area contributed by atoms with E-state index in [4.69, 9.17) is 10.5 Å². The number of aromatic nitrogens is 4. The Balaban J connectivity index is 1.62. The second-order valence-electron chi connectivity index (χ2n) is 7.94. The molecule has 32 heavy (non-hydrogen) atoms. The Morgan fingerprint density at radius 3 is 2.69 bits per heavy atom. The summed E-state index contributed by atoms with van der Waals surface area (Å²) >= 11 is 0. The number of pyridine rings is 2. The van der Waals surface area contributed by atoms with Crippen LogP contribution < -0.4 is 15.8 Å². The van der Waals surface area contributed by atoms with E-state index in [2.05, 4.69) is 32.1 Å². The number of benzene rings is 1. The number of fused-ring (bicyclic) bond motifs is 2. The summed E-state index contributed by atoms with van der Waals surface area (Å²) in [6.07, 6.45) is 4.92. The molecule has 1 aromatic carbocycles. The van der Waals surface area contributed by atoms with Crippen LogP contribution in [0.25, 0.3) is 21.8 Å². The van der Waals surface area contributed by atoms with Gasteiger partial charge in [-0.15, -0.1) is 0 Å². The summed E-state index contributed by atoms with van der Waals surface area (Å²) < 4.78 is 7.18. The molecule has 3 N–H and O–H groups in total. The van der Waals surface area contributed by atoms with E-state index in [1.54, 1.807) is 19.5 Å². The van der Waals surface area contributed by atoms with E-state index < -0.39 is 5.41 Å². The Morgan fingerprint density at radius 2 is 2.00 bits per heavy atom. The van der Waals surface area contributed by atoms with E-state index in [0.717, 1.165) is 45.8 Å². The minimum atomic E-state index is -0.661. The molecule has 0 atom stereocenters. The standard InChI is InChI=1S/C24H22N6O2/c1-26-21-17-13-27-20(24(8-9-24)22(25)31)11-16(17)15(12-28-21)6-4-14-5-7-18-19(10-14)30(2)23(29-18)32-3/h5,7,10-13H,8-9H2,1-3H3,(H2,25,31)(H,26,28). The summed E-state index contributed by atoms with van der Waals surface area (Å²) in [5.74, 6) is 6.84. The highest BCUT2D eigenvalue weighted by molar-refractivity contribution is 5.97. The number of imidazole rings is 1. The summed E-state index contributed by atoms with van der Waals surface area (Å²) in [5, 5.41) is 4.82. The van der Waals surface area contributed by atoms with Crippen molar-refractivity contribution in [1.29, 1.82) is 0 Å². The number of amides is 1. The average Bonchev–Trinajstić information content (AvgIpc) is 3.57. The maximum atomic E-state index is 12.0. The number of hydrogen-bond acceptors (Lipinski definition) is 6. The molecule has 3 aromatic heterocycles. The normalized spacial score (nSPS) is 14.1. The van der Waals surface area contributed by atoms with Crippen LogP contribution in [0.2, 0.25) is 0 Å². The Labute approximate surface area is 184 Å². The highest BCUT2D eigenvalue weighted by Crippen LogP contribution is 2.47. The fourth-order valence-electron chi connectivity index (χ4n) is 4.02. The Kier molecular flexibility index (Phi) is 4.48. The third kappa shape index (κ3) is 3.02. The van der Waals surface area contributed by atoms with E-state index in [0.29, 0.717) is 17.5 Å². The smallest absolute Gasteiger partial charge is 0.296 e. The number of methoxy groups -OCH3 is 1. The molecule has 0 spiro atoms. The average molecular weight is 426 g/mol. The van der Waals surface area contributed by atoms with Crippen LogP contribution in [-0.4, -0.2) is 39.6 Å². The first kappa shape index (κ1) is 19.8. The molecule has 0 aliphatic heterocycles. The number of ether oxygens (including phenoxy) is 1. The largest absolute Gasteiger partial charge is 0.468 e. The van der Waals surface area contributed by atoms with Gasteiger partial charge in [0.15, 0.2) is 0 Å². The van der Waals surface area contributed by atoms with Crippen molar-refractivity contribution in [1.82, 2.24) is 19.5 Å². The lowest BCUT2D eigenvalue weighted by Gasteiger charge is -2.13. The van der Waals surface area contributed by atoms with E-state index in [1.807, 2.05) is 42.9 Å². The molecule has 1 aliphatic carbocycles. The third-order valence-corrected chi connectivity index (χ3v) is 6.08. The van der Waals surface area contributed by atoms with Crippen LogP contribution in [0.3, 0.4) is 0 Å². The summed E-state index contributed by atoms with van der Waals surface area (Å²) in [7, 11) is 5.31. The SMILES string of the molecule is CNc1ncc(C#Cc2ccc3nc(OC)n(C)c3c2)c2cc(C3(C(N)=O)CC3)ncc12. The Morgan fingerprint density at radius 1 is 1.19 bits per heavy atom. The molecule has 160 valence electrons. The number of anilines is 1. The molecule has 3 heterocycles. The molecular weight excluding hydrogens is 404 g/mol. The number of nitrogens with one attached hydrogen (secondary N) is 1. The van der Waals surface area contributed by atoms with Crippen LogP contribution in [0.5, 0.6) is 6.01 Å². The molecule has 1 fully saturated rings. The van der Waals surface area contributed by atoms with E-state index in [1.165, 1.54) is 0 Å². The van der Waals surface area contributed by atoms with Crippen LogP contribution in [0, 0.1) is 11.8 Å². The fourth-order valence-corrected chi connectivity index (χ4v) is 4.02. The van der Waals surface area contributed by atoms with Crippen molar-refractivity contribution in [2.24, 2.45) is 12.8 Å². The number of carbonyl (C=O) groups excluding carboxylic acids is 1. The van der Waals surface area contributed by atoms with Gasteiger partial charge in [0.1, 0.15) is 5.82 Å². The predicted molar refractivity (Wildman–Crippen MR) is 122 cm³/mol. The molecule has 0 bridgehead atoms. The molecule has 4 aromatic rings. The number of carbonyl (C=O) groups is 1. The number of nitrogens with zero attached hydrogens (tertiary/aromatic N) is 4. The minimum absolute atomic E-state index is 0.334.